The predicted octanol–water partition coefficient (Wildman–Crippen LogP) is 6.99. The fourth-order valence-electron chi connectivity index (χ4n) is 4.23. The van der Waals surface area contributed by atoms with Gasteiger partial charge in [0.05, 0.1) is 29.0 Å². The average molecular weight is 460 g/mol. The Balaban J connectivity index is 1.63. The minimum atomic E-state index is -0.254. The standard InChI is InChI=1S/C26H22ClN3OS/c1-32-20-14-12-18(13-15-20)25-24-11-6-16-29(24)23-10-5-2-7-19(23)17-30(25)26(31)28-22-9-4-3-8-21(22)27/h2-16,25H,17H2,1H3,(H,28,31)/t25-/m0/s1. The first kappa shape index (κ1) is 20.7. The molecule has 3 aromatic carbocycles. The van der Waals surface area contributed by atoms with Crippen LogP contribution in [0, 0.1) is 0 Å². The Labute approximate surface area is 196 Å². The van der Waals surface area contributed by atoms with E-state index in [0.717, 1.165) is 22.5 Å². The molecule has 160 valence electrons. The first-order valence-corrected chi connectivity index (χ1v) is 12.0. The van der Waals surface area contributed by atoms with Gasteiger partial charge in [0.1, 0.15) is 0 Å². The van der Waals surface area contributed by atoms with Gasteiger partial charge in [-0.1, -0.05) is 54.1 Å². The second kappa shape index (κ2) is 8.77. The van der Waals surface area contributed by atoms with E-state index in [9.17, 15) is 4.79 Å². The van der Waals surface area contributed by atoms with Crippen LogP contribution < -0.4 is 5.32 Å². The van der Waals surface area contributed by atoms with Crippen molar-refractivity contribution in [3.8, 4) is 5.69 Å². The topological polar surface area (TPSA) is 37.3 Å². The largest absolute Gasteiger partial charge is 0.323 e. The lowest BCUT2D eigenvalue weighted by Gasteiger charge is -2.31. The van der Waals surface area contributed by atoms with Gasteiger partial charge in [0.2, 0.25) is 0 Å². The number of nitrogens with zero attached hydrogens (tertiary/aromatic N) is 2. The Hall–Kier alpha value is -3.15. The summed E-state index contributed by atoms with van der Waals surface area (Å²) in [5.74, 6) is 0. The smallest absolute Gasteiger partial charge is 0.318 e. The number of anilines is 1. The van der Waals surface area contributed by atoms with E-state index < -0.39 is 0 Å². The summed E-state index contributed by atoms with van der Waals surface area (Å²) < 4.78 is 2.19. The van der Waals surface area contributed by atoms with Crippen LogP contribution >= 0.6 is 23.4 Å². The number of carbonyl (C=O) groups is 1. The van der Waals surface area contributed by atoms with Gasteiger partial charge in [-0.15, -0.1) is 11.8 Å². The second-order valence-corrected chi connectivity index (χ2v) is 8.93. The zero-order chi connectivity index (χ0) is 22.1. The van der Waals surface area contributed by atoms with E-state index in [2.05, 4.69) is 64.8 Å². The molecule has 4 aromatic rings. The molecule has 0 spiro atoms. The van der Waals surface area contributed by atoms with Gasteiger partial charge in [-0.05, 0) is 59.8 Å². The molecule has 32 heavy (non-hydrogen) atoms. The summed E-state index contributed by atoms with van der Waals surface area (Å²) in [6.45, 7) is 0.475. The molecule has 6 heteroatoms. The Kier molecular flexibility index (Phi) is 5.68. The second-order valence-electron chi connectivity index (χ2n) is 7.65. The van der Waals surface area contributed by atoms with Crippen LogP contribution in [0.5, 0.6) is 0 Å². The average Bonchev–Trinajstić information content (AvgIpc) is 3.25. The van der Waals surface area contributed by atoms with Gasteiger partial charge in [-0.3, -0.25) is 0 Å². The van der Waals surface area contributed by atoms with Crippen LogP contribution in [0.2, 0.25) is 5.02 Å². The monoisotopic (exact) mass is 459 g/mol. The molecular weight excluding hydrogens is 438 g/mol. The van der Waals surface area contributed by atoms with Crippen molar-refractivity contribution >= 4 is 35.1 Å². The van der Waals surface area contributed by atoms with E-state index >= 15 is 0 Å². The number of amides is 2. The molecule has 0 saturated heterocycles. The minimum Gasteiger partial charge on any atom is -0.318 e. The summed E-state index contributed by atoms with van der Waals surface area (Å²) in [7, 11) is 0. The van der Waals surface area contributed by atoms with Gasteiger partial charge in [0.15, 0.2) is 0 Å². The summed E-state index contributed by atoms with van der Waals surface area (Å²) in [6, 6.07) is 27.6. The summed E-state index contributed by atoms with van der Waals surface area (Å²) in [5.41, 5.74) is 4.88. The molecule has 4 nitrogen and oxygen atoms in total. The summed E-state index contributed by atoms with van der Waals surface area (Å²) in [5, 5.41) is 3.54. The quantitative estimate of drug-likeness (QED) is 0.335. The number of benzene rings is 3. The zero-order valence-electron chi connectivity index (χ0n) is 17.5. The maximum Gasteiger partial charge on any atom is 0.323 e. The number of aromatic nitrogens is 1. The van der Waals surface area contributed by atoms with E-state index in [1.807, 2.05) is 41.3 Å². The van der Waals surface area contributed by atoms with Gasteiger partial charge < -0.3 is 14.8 Å². The molecule has 1 N–H and O–H groups in total. The minimum absolute atomic E-state index is 0.193. The van der Waals surface area contributed by atoms with Crippen molar-refractivity contribution in [1.29, 1.82) is 0 Å². The maximum absolute atomic E-state index is 13.7. The van der Waals surface area contributed by atoms with E-state index in [-0.39, 0.29) is 12.1 Å². The van der Waals surface area contributed by atoms with Crippen LogP contribution in [0.3, 0.4) is 0 Å². The zero-order valence-corrected chi connectivity index (χ0v) is 19.1. The van der Waals surface area contributed by atoms with Crippen molar-refractivity contribution < 1.29 is 4.79 Å². The molecule has 0 aliphatic carbocycles. The number of para-hydroxylation sites is 2. The molecule has 0 saturated carbocycles. The number of rotatable bonds is 3. The van der Waals surface area contributed by atoms with Gasteiger partial charge in [-0.2, -0.15) is 0 Å². The third kappa shape index (κ3) is 3.78. The van der Waals surface area contributed by atoms with Crippen LogP contribution in [0.25, 0.3) is 5.69 Å². The van der Waals surface area contributed by atoms with Crippen molar-refractivity contribution in [2.45, 2.75) is 17.5 Å². The Morgan fingerprint density at radius 2 is 1.72 bits per heavy atom. The number of carbonyl (C=O) groups excluding carboxylic acids is 1. The van der Waals surface area contributed by atoms with Crippen molar-refractivity contribution in [1.82, 2.24) is 9.47 Å². The molecule has 0 unspecified atom stereocenters. The van der Waals surface area contributed by atoms with Gasteiger partial charge >= 0.3 is 6.03 Å². The molecule has 0 fully saturated rings. The van der Waals surface area contributed by atoms with Crippen molar-refractivity contribution in [3.05, 3.63) is 113 Å². The Morgan fingerprint density at radius 1 is 0.969 bits per heavy atom. The third-order valence-corrected chi connectivity index (χ3v) is 6.84. The summed E-state index contributed by atoms with van der Waals surface area (Å²) in [4.78, 5) is 16.7. The molecule has 1 aliphatic heterocycles. The lowest BCUT2D eigenvalue weighted by molar-refractivity contribution is 0.194. The maximum atomic E-state index is 13.7. The lowest BCUT2D eigenvalue weighted by Crippen LogP contribution is -2.38. The molecule has 2 heterocycles. The normalized spacial score (nSPS) is 14.9. The highest BCUT2D eigenvalue weighted by atomic mass is 35.5. The third-order valence-electron chi connectivity index (χ3n) is 5.77. The Bertz CT molecular complexity index is 1270. The van der Waals surface area contributed by atoms with Crippen LogP contribution in [0.1, 0.15) is 22.9 Å². The number of hydrogen-bond acceptors (Lipinski definition) is 2. The Morgan fingerprint density at radius 3 is 2.50 bits per heavy atom. The molecular formula is C26H22ClN3OS. The van der Waals surface area contributed by atoms with Gasteiger partial charge in [0, 0.05) is 16.8 Å². The molecule has 1 aromatic heterocycles. The highest BCUT2D eigenvalue weighted by Gasteiger charge is 2.33. The fraction of sp³-hybridized carbons (Fsp3) is 0.115. The number of halogens is 1. The fourth-order valence-corrected chi connectivity index (χ4v) is 4.82. The summed E-state index contributed by atoms with van der Waals surface area (Å²) >= 11 is 8.03. The first-order chi connectivity index (χ1) is 15.7. The number of hydrogen-bond donors (Lipinski definition) is 1. The molecule has 1 aliphatic rings. The van der Waals surface area contributed by atoms with E-state index in [1.165, 1.54) is 4.90 Å². The van der Waals surface area contributed by atoms with Crippen molar-refractivity contribution in [3.63, 3.8) is 0 Å². The van der Waals surface area contributed by atoms with Crippen LogP contribution in [0.15, 0.2) is 96.0 Å². The first-order valence-electron chi connectivity index (χ1n) is 10.4. The highest BCUT2D eigenvalue weighted by molar-refractivity contribution is 7.98. The van der Waals surface area contributed by atoms with E-state index in [4.69, 9.17) is 11.6 Å². The van der Waals surface area contributed by atoms with Crippen molar-refractivity contribution in [2.75, 3.05) is 11.6 Å². The molecule has 5 rings (SSSR count). The summed E-state index contributed by atoms with van der Waals surface area (Å²) in [6.07, 6.45) is 4.12. The van der Waals surface area contributed by atoms with Crippen molar-refractivity contribution in [2.24, 2.45) is 0 Å². The predicted molar refractivity (Wildman–Crippen MR) is 132 cm³/mol. The molecule has 2 amide bonds. The molecule has 0 radical (unpaired) electrons. The molecule has 0 bridgehead atoms. The highest BCUT2D eigenvalue weighted by Crippen LogP contribution is 2.37. The van der Waals surface area contributed by atoms with Gasteiger partial charge in [0.25, 0.3) is 0 Å². The number of fused-ring (bicyclic) bond motifs is 3. The SMILES string of the molecule is CSc1ccc([C@H]2c3cccn3-c3ccccc3CN2C(=O)Nc2ccccc2Cl)cc1. The number of thioether (sulfide) groups is 1. The number of urea groups is 1. The van der Waals surface area contributed by atoms with Crippen LogP contribution in [-0.4, -0.2) is 21.8 Å². The number of nitrogens with one attached hydrogen (secondary N) is 1. The van der Waals surface area contributed by atoms with Gasteiger partial charge in [-0.25, -0.2) is 4.79 Å². The van der Waals surface area contributed by atoms with E-state index in [0.29, 0.717) is 17.3 Å². The van der Waals surface area contributed by atoms with Crippen LogP contribution in [0.4, 0.5) is 10.5 Å². The lowest BCUT2D eigenvalue weighted by atomic mass is 10.0. The molecule has 1 atom stereocenters. The van der Waals surface area contributed by atoms with E-state index in [1.54, 1.807) is 17.8 Å². The van der Waals surface area contributed by atoms with Crippen LogP contribution in [-0.2, 0) is 6.54 Å².